The van der Waals surface area contributed by atoms with Crippen LogP contribution in [0.5, 0.6) is 0 Å². The van der Waals surface area contributed by atoms with Gasteiger partial charge >= 0.3 is 6.03 Å². The van der Waals surface area contributed by atoms with Crippen molar-refractivity contribution >= 4 is 63.4 Å². The van der Waals surface area contributed by atoms with Crippen molar-refractivity contribution < 1.29 is 14.4 Å². The molecule has 0 bridgehead atoms. The molecule has 3 N–H and O–H groups in total. The van der Waals surface area contributed by atoms with E-state index in [0.717, 1.165) is 75.0 Å². The summed E-state index contributed by atoms with van der Waals surface area (Å²) in [4.78, 5) is 61.4. The number of amides is 4. The van der Waals surface area contributed by atoms with E-state index in [-0.39, 0.29) is 37.0 Å². The fourth-order valence-electron chi connectivity index (χ4n) is 8.61. The predicted molar refractivity (Wildman–Crippen MR) is 221 cm³/mol. The lowest BCUT2D eigenvalue weighted by Gasteiger charge is -2.45. The van der Waals surface area contributed by atoms with Crippen molar-refractivity contribution in [1.29, 1.82) is 5.26 Å². The van der Waals surface area contributed by atoms with E-state index in [1.165, 1.54) is 6.92 Å². The molecule has 16 heteroatoms. The second-order valence-electron chi connectivity index (χ2n) is 15.6. The number of benzene rings is 1. The number of pyridine rings is 1. The van der Waals surface area contributed by atoms with Gasteiger partial charge in [0.05, 0.1) is 52.3 Å². The first-order valence-electron chi connectivity index (χ1n) is 19.8. The SMILES string of the molecule is CC(=O)N(CCC(N)=O)c1cncc2c1ccn2C1CCN(CC2CCN(c3ncc(NC(=O)N4C[C@H](C)N(c5ccc(C#N)c(Cl)c5)C[C@H]4C)cn3)CC2)CC1. The number of anilines is 4. The first kappa shape index (κ1) is 39.8. The lowest BCUT2D eigenvalue weighted by molar-refractivity contribution is -0.118. The van der Waals surface area contributed by atoms with Crippen LogP contribution < -0.4 is 25.8 Å². The van der Waals surface area contributed by atoms with E-state index in [1.54, 1.807) is 29.6 Å². The fourth-order valence-corrected chi connectivity index (χ4v) is 8.83. The number of nitriles is 1. The number of rotatable bonds is 10. The number of carbonyl (C=O) groups excluding carboxylic acids is 3. The summed E-state index contributed by atoms with van der Waals surface area (Å²) in [5.74, 6) is 0.692. The Labute approximate surface area is 338 Å². The van der Waals surface area contributed by atoms with Gasteiger partial charge in [-0.25, -0.2) is 14.8 Å². The molecule has 0 radical (unpaired) electrons. The van der Waals surface area contributed by atoms with Gasteiger partial charge in [-0.2, -0.15) is 5.26 Å². The molecule has 3 fully saturated rings. The monoisotopic (exact) mass is 794 g/mol. The number of hydrogen-bond acceptors (Lipinski definition) is 10. The number of aromatic nitrogens is 4. The molecule has 15 nitrogen and oxygen atoms in total. The molecule has 4 amide bonds. The molecule has 3 saturated heterocycles. The average molecular weight is 795 g/mol. The fraction of sp³-hybridized carbons (Fsp3) is 0.488. The summed E-state index contributed by atoms with van der Waals surface area (Å²) in [5, 5.41) is 13.6. The molecule has 7 rings (SSSR count). The van der Waals surface area contributed by atoms with Gasteiger partial charge in [0.25, 0.3) is 0 Å². The van der Waals surface area contributed by atoms with Crippen molar-refractivity contribution in [3.8, 4) is 6.07 Å². The number of urea groups is 1. The number of nitrogens with zero attached hydrogens (tertiary/aromatic N) is 10. The summed E-state index contributed by atoms with van der Waals surface area (Å²) in [7, 11) is 0. The zero-order valence-electron chi connectivity index (χ0n) is 32.9. The first-order valence-corrected chi connectivity index (χ1v) is 20.2. The molecule has 0 saturated carbocycles. The number of carbonyl (C=O) groups is 3. The van der Waals surface area contributed by atoms with E-state index in [9.17, 15) is 19.6 Å². The number of likely N-dealkylation sites (tertiary alicyclic amines) is 1. The van der Waals surface area contributed by atoms with E-state index in [2.05, 4.69) is 58.7 Å². The molecule has 0 aliphatic carbocycles. The minimum absolute atomic E-state index is 0.0527. The maximum atomic E-state index is 13.4. The molecule has 0 unspecified atom stereocenters. The van der Waals surface area contributed by atoms with Crippen LogP contribution in [-0.4, -0.2) is 112 Å². The molecule has 4 aromatic rings. The van der Waals surface area contributed by atoms with Gasteiger partial charge in [-0.1, -0.05) is 11.6 Å². The van der Waals surface area contributed by atoms with Gasteiger partial charge in [-0.05, 0) is 69.7 Å². The largest absolute Gasteiger partial charge is 0.370 e. The number of nitrogens with one attached hydrogen (secondary N) is 1. The molecule has 3 aliphatic rings. The molecule has 3 aromatic heterocycles. The van der Waals surface area contributed by atoms with Crippen LogP contribution in [0, 0.1) is 17.2 Å². The van der Waals surface area contributed by atoms with E-state index in [4.69, 9.17) is 17.3 Å². The van der Waals surface area contributed by atoms with Gasteiger partial charge in [-0.3, -0.25) is 14.6 Å². The maximum Gasteiger partial charge on any atom is 0.322 e. The molecule has 3 aliphatic heterocycles. The summed E-state index contributed by atoms with van der Waals surface area (Å²) < 4.78 is 2.30. The molecule has 57 heavy (non-hydrogen) atoms. The van der Waals surface area contributed by atoms with Crippen LogP contribution in [-0.2, 0) is 9.59 Å². The second-order valence-corrected chi connectivity index (χ2v) is 16.1. The number of hydrogen-bond donors (Lipinski definition) is 2. The Kier molecular flexibility index (Phi) is 12.1. The third-order valence-corrected chi connectivity index (χ3v) is 12.1. The Morgan fingerprint density at radius 2 is 1.72 bits per heavy atom. The molecule has 6 heterocycles. The molecule has 2 atom stereocenters. The summed E-state index contributed by atoms with van der Waals surface area (Å²) in [6.45, 7) is 11.9. The van der Waals surface area contributed by atoms with E-state index in [0.29, 0.717) is 53.0 Å². The maximum absolute atomic E-state index is 13.4. The van der Waals surface area contributed by atoms with Crippen molar-refractivity contribution in [2.75, 3.05) is 72.4 Å². The Morgan fingerprint density at radius 1 is 0.982 bits per heavy atom. The number of halogens is 1. The molecule has 0 spiro atoms. The zero-order chi connectivity index (χ0) is 40.2. The Bertz CT molecular complexity index is 2120. The molecule has 300 valence electrons. The van der Waals surface area contributed by atoms with Gasteiger partial charge in [0.2, 0.25) is 17.8 Å². The van der Waals surface area contributed by atoms with Crippen LogP contribution >= 0.6 is 11.6 Å². The molecular weight excluding hydrogens is 744 g/mol. The number of fused-ring (bicyclic) bond motifs is 1. The third kappa shape index (κ3) is 8.92. The zero-order valence-corrected chi connectivity index (χ0v) is 33.6. The quantitative estimate of drug-likeness (QED) is 0.216. The standard InChI is InChI=1S/C41H51ClN12O3/c1-27-25-54(28(2)24-53(27)34-5-4-31(19-43)36(42)18-34)41(57)48-32-20-46-40(47-21-32)50-14-6-30(7-15-50)26-49-12-8-33(9-13-49)52-16-10-35-37(22-45-23-38(35)52)51(29(3)55)17-11-39(44)56/h4-5,10,16,18,20-23,27-28,30,33H,6-9,11-15,17,24-26H2,1-3H3,(H2,44,56)(H,48,57)/t27-,28+/m0/s1. The predicted octanol–water partition coefficient (Wildman–Crippen LogP) is 5.26. The highest BCUT2D eigenvalue weighted by atomic mass is 35.5. The van der Waals surface area contributed by atoms with Crippen molar-refractivity contribution in [2.24, 2.45) is 11.7 Å². The van der Waals surface area contributed by atoms with Crippen LogP contribution in [0.15, 0.2) is 55.2 Å². The van der Waals surface area contributed by atoms with Gasteiger partial charge < -0.3 is 40.1 Å². The third-order valence-electron chi connectivity index (χ3n) is 11.8. The minimum Gasteiger partial charge on any atom is -0.370 e. The van der Waals surface area contributed by atoms with Crippen molar-refractivity contribution in [1.82, 2.24) is 29.3 Å². The highest BCUT2D eigenvalue weighted by molar-refractivity contribution is 6.32. The van der Waals surface area contributed by atoms with Crippen LogP contribution in [0.25, 0.3) is 10.9 Å². The molecular formula is C41H51ClN12O3. The van der Waals surface area contributed by atoms with Gasteiger partial charge in [0.1, 0.15) is 6.07 Å². The molecule has 1 aromatic carbocycles. The lowest BCUT2D eigenvalue weighted by Crippen LogP contribution is -2.59. The number of piperazine rings is 1. The lowest BCUT2D eigenvalue weighted by atomic mass is 9.95. The Hall–Kier alpha value is -5.46. The smallest absolute Gasteiger partial charge is 0.322 e. The van der Waals surface area contributed by atoms with Crippen LogP contribution in [0.3, 0.4) is 0 Å². The Balaban J connectivity index is 0.861. The average Bonchev–Trinajstić information content (AvgIpc) is 3.64. The number of primary amides is 1. The van der Waals surface area contributed by atoms with E-state index in [1.807, 2.05) is 36.2 Å². The van der Waals surface area contributed by atoms with Crippen molar-refractivity contribution in [2.45, 2.75) is 71.0 Å². The summed E-state index contributed by atoms with van der Waals surface area (Å²) >= 11 is 6.30. The number of piperidine rings is 2. The Morgan fingerprint density at radius 3 is 2.39 bits per heavy atom. The highest BCUT2D eigenvalue weighted by Crippen LogP contribution is 2.34. The van der Waals surface area contributed by atoms with Crippen molar-refractivity contribution in [3.63, 3.8) is 0 Å². The van der Waals surface area contributed by atoms with Gasteiger partial charge in [0.15, 0.2) is 0 Å². The van der Waals surface area contributed by atoms with Crippen LogP contribution in [0.1, 0.15) is 64.5 Å². The summed E-state index contributed by atoms with van der Waals surface area (Å²) in [6.07, 6.45) is 13.3. The van der Waals surface area contributed by atoms with Crippen LogP contribution in [0.2, 0.25) is 5.02 Å². The van der Waals surface area contributed by atoms with Crippen LogP contribution in [0.4, 0.5) is 27.8 Å². The van der Waals surface area contributed by atoms with Crippen molar-refractivity contribution in [3.05, 3.63) is 65.8 Å². The van der Waals surface area contributed by atoms with E-state index >= 15 is 0 Å². The summed E-state index contributed by atoms with van der Waals surface area (Å²) in [5.41, 5.74) is 9.01. The van der Waals surface area contributed by atoms with Gasteiger partial charge in [-0.15, -0.1) is 0 Å². The van der Waals surface area contributed by atoms with Gasteiger partial charge in [0, 0.05) is 101 Å². The topological polar surface area (TPSA) is 173 Å². The summed E-state index contributed by atoms with van der Waals surface area (Å²) in [6, 6.07) is 9.76. The minimum atomic E-state index is -0.444. The normalized spacial score (nSPS) is 19.7. The van der Waals surface area contributed by atoms with E-state index < -0.39 is 5.91 Å². The first-order chi connectivity index (χ1) is 27.5. The number of nitrogens with two attached hydrogens (primary N) is 1. The highest BCUT2D eigenvalue weighted by Gasteiger charge is 2.33. The second kappa shape index (κ2) is 17.4.